The zero-order chi connectivity index (χ0) is 12.1. The number of rotatable bonds is 4. The number of nitrogens with one attached hydrogen (secondary N) is 2. The van der Waals surface area contributed by atoms with Crippen LogP contribution in [0.5, 0.6) is 5.88 Å². The van der Waals surface area contributed by atoms with Gasteiger partial charge in [0.1, 0.15) is 12.0 Å². The average Bonchev–Trinajstić information content (AvgIpc) is 2.86. The highest BCUT2D eigenvalue weighted by Gasteiger charge is 2.06. The second kappa shape index (κ2) is 5.06. The summed E-state index contributed by atoms with van der Waals surface area (Å²) in [6, 6.07) is 1.72. The van der Waals surface area contributed by atoms with E-state index in [2.05, 4.69) is 25.3 Å². The van der Waals surface area contributed by atoms with Gasteiger partial charge in [-0.1, -0.05) is 0 Å². The fourth-order valence-electron chi connectivity index (χ4n) is 1.15. The van der Waals surface area contributed by atoms with Crippen molar-refractivity contribution in [2.75, 3.05) is 13.7 Å². The lowest BCUT2D eigenvalue weighted by atomic mass is 10.4. The Morgan fingerprint density at radius 1 is 1.53 bits per heavy atom. The van der Waals surface area contributed by atoms with Gasteiger partial charge in [-0.05, 0) is 6.07 Å². The molecule has 0 aliphatic heterocycles. The first-order chi connectivity index (χ1) is 8.29. The molecule has 0 aromatic carbocycles. The molecule has 7 heteroatoms. The minimum atomic E-state index is -0.205. The van der Waals surface area contributed by atoms with Gasteiger partial charge < -0.3 is 15.0 Å². The summed E-state index contributed by atoms with van der Waals surface area (Å²) in [5, 5.41) is 2.45. The fraction of sp³-hybridized carbons (Fsp3) is 0.200. The molecule has 2 aromatic heterocycles. The van der Waals surface area contributed by atoms with Crippen LogP contribution < -0.4 is 10.1 Å². The monoisotopic (exact) mass is 233 g/mol. The van der Waals surface area contributed by atoms with Crippen molar-refractivity contribution in [2.45, 2.75) is 0 Å². The number of carbonyl (C=O) groups excluding carboxylic acids is 1. The maximum atomic E-state index is 11.0. The van der Waals surface area contributed by atoms with E-state index in [9.17, 15) is 4.79 Å². The molecule has 2 heterocycles. The summed E-state index contributed by atoms with van der Waals surface area (Å²) in [6.07, 6.45) is 4.55. The maximum Gasteiger partial charge on any atom is 0.257 e. The molecular weight excluding hydrogens is 222 g/mol. The van der Waals surface area contributed by atoms with Crippen molar-refractivity contribution in [3.8, 4) is 17.4 Å². The number of likely N-dealkylation sites (N-methyl/N-ethyl adjacent to an activating group) is 1. The molecule has 2 rings (SSSR count). The van der Waals surface area contributed by atoms with Crippen molar-refractivity contribution in [3.63, 3.8) is 0 Å². The first-order valence-electron chi connectivity index (χ1n) is 4.94. The summed E-state index contributed by atoms with van der Waals surface area (Å²) in [4.78, 5) is 25.8. The summed E-state index contributed by atoms with van der Waals surface area (Å²) in [5.41, 5.74) is 0.662. The molecular formula is C10H11N5O2. The zero-order valence-electron chi connectivity index (χ0n) is 9.17. The minimum Gasteiger partial charge on any atom is -0.468 e. The van der Waals surface area contributed by atoms with Crippen molar-refractivity contribution in [2.24, 2.45) is 0 Å². The van der Waals surface area contributed by atoms with E-state index in [1.165, 1.54) is 12.5 Å². The first kappa shape index (κ1) is 11.1. The molecule has 7 nitrogen and oxygen atoms in total. The Balaban J connectivity index is 2.04. The van der Waals surface area contributed by atoms with Crippen LogP contribution in [0.4, 0.5) is 0 Å². The fourth-order valence-corrected chi connectivity index (χ4v) is 1.15. The molecule has 0 atom stereocenters. The van der Waals surface area contributed by atoms with E-state index in [4.69, 9.17) is 4.74 Å². The molecule has 0 spiro atoms. The molecule has 0 bridgehead atoms. The number of H-pyrrole nitrogens is 1. The van der Waals surface area contributed by atoms with Crippen LogP contribution in [-0.4, -0.2) is 39.5 Å². The molecule has 1 amide bonds. The van der Waals surface area contributed by atoms with Crippen LogP contribution in [-0.2, 0) is 4.79 Å². The smallest absolute Gasteiger partial charge is 0.257 e. The quantitative estimate of drug-likeness (QED) is 0.774. The van der Waals surface area contributed by atoms with Gasteiger partial charge in [-0.15, -0.1) is 0 Å². The van der Waals surface area contributed by atoms with Crippen LogP contribution in [0, 0.1) is 0 Å². The highest BCUT2D eigenvalue weighted by molar-refractivity contribution is 5.77. The zero-order valence-corrected chi connectivity index (χ0v) is 9.17. The van der Waals surface area contributed by atoms with Gasteiger partial charge in [0.25, 0.3) is 5.91 Å². The van der Waals surface area contributed by atoms with Gasteiger partial charge in [0, 0.05) is 13.2 Å². The van der Waals surface area contributed by atoms with Gasteiger partial charge in [-0.2, -0.15) is 0 Å². The van der Waals surface area contributed by atoms with Gasteiger partial charge >= 0.3 is 0 Å². The molecule has 0 saturated carbocycles. The number of aromatic nitrogens is 4. The molecule has 0 saturated heterocycles. The minimum absolute atomic E-state index is 0.0537. The topological polar surface area (TPSA) is 92.8 Å². The SMILES string of the molecule is CNC(=O)COc1cnc(-c2ccncn2)[nH]1. The van der Waals surface area contributed by atoms with Crippen LogP contribution in [0.3, 0.4) is 0 Å². The van der Waals surface area contributed by atoms with Crippen molar-refractivity contribution >= 4 is 5.91 Å². The number of amides is 1. The Morgan fingerprint density at radius 3 is 3.12 bits per heavy atom. The van der Waals surface area contributed by atoms with E-state index in [-0.39, 0.29) is 12.5 Å². The lowest BCUT2D eigenvalue weighted by Gasteiger charge is -2.00. The normalized spacial score (nSPS) is 9.94. The number of nitrogens with zero attached hydrogens (tertiary/aromatic N) is 3. The van der Waals surface area contributed by atoms with Crippen LogP contribution in [0.1, 0.15) is 0 Å². The van der Waals surface area contributed by atoms with E-state index >= 15 is 0 Å². The lowest BCUT2D eigenvalue weighted by Crippen LogP contribution is -2.24. The second-order valence-corrected chi connectivity index (χ2v) is 3.15. The van der Waals surface area contributed by atoms with Crippen LogP contribution in [0.15, 0.2) is 24.8 Å². The molecule has 88 valence electrons. The van der Waals surface area contributed by atoms with E-state index in [0.29, 0.717) is 17.4 Å². The molecule has 0 aliphatic carbocycles. The molecule has 2 N–H and O–H groups in total. The molecule has 0 fully saturated rings. The van der Waals surface area contributed by atoms with E-state index in [0.717, 1.165) is 0 Å². The van der Waals surface area contributed by atoms with Crippen molar-refractivity contribution in [3.05, 3.63) is 24.8 Å². The molecule has 0 radical (unpaired) electrons. The van der Waals surface area contributed by atoms with Crippen molar-refractivity contribution < 1.29 is 9.53 Å². The molecule has 17 heavy (non-hydrogen) atoms. The van der Waals surface area contributed by atoms with Gasteiger partial charge in [0.15, 0.2) is 12.4 Å². The van der Waals surface area contributed by atoms with Crippen LogP contribution in [0.2, 0.25) is 0 Å². The third-order valence-corrected chi connectivity index (χ3v) is 2.01. The van der Waals surface area contributed by atoms with E-state index < -0.39 is 0 Å². The van der Waals surface area contributed by atoms with Gasteiger partial charge in [-0.25, -0.2) is 15.0 Å². The number of hydrogen-bond acceptors (Lipinski definition) is 5. The van der Waals surface area contributed by atoms with E-state index in [1.54, 1.807) is 19.3 Å². The Bertz CT molecular complexity index is 496. The number of ether oxygens (including phenoxy) is 1. The number of carbonyl (C=O) groups is 1. The molecule has 2 aromatic rings. The number of aromatic amines is 1. The standard InChI is InChI=1S/C10H11N5O2/c1-11-8(16)5-17-9-4-13-10(15-9)7-2-3-12-6-14-7/h2-4,6H,5H2,1H3,(H,11,16)(H,13,15). The summed E-state index contributed by atoms with van der Waals surface area (Å²) in [7, 11) is 1.55. The lowest BCUT2D eigenvalue weighted by molar-refractivity contribution is -0.122. The molecule has 0 unspecified atom stereocenters. The van der Waals surface area contributed by atoms with Gasteiger partial charge in [-0.3, -0.25) is 4.79 Å². The highest BCUT2D eigenvalue weighted by Crippen LogP contribution is 2.15. The first-order valence-corrected chi connectivity index (χ1v) is 4.94. The second-order valence-electron chi connectivity index (χ2n) is 3.15. The van der Waals surface area contributed by atoms with Crippen LogP contribution >= 0.6 is 0 Å². The van der Waals surface area contributed by atoms with E-state index in [1.807, 2.05) is 0 Å². The maximum absolute atomic E-state index is 11.0. The van der Waals surface area contributed by atoms with Crippen molar-refractivity contribution in [1.82, 2.24) is 25.3 Å². The highest BCUT2D eigenvalue weighted by atomic mass is 16.5. The summed E-state index contributed by atoms with van der Waals surface area (Å²) >= 11 is 0. The summed E-state index contributed by atoms with van der Waals surface area (Å²) in [6.45, 7) is -0.0537. The largest absolute Gasteiger partial charge is 0.468 e. The van der Waals surface area contributed by atoms with Gasteiger partial charge in [0.05, 0.1) is 6.20 Å². The predicted molar refractivity (Wildman–Crippen MR) is 59.2 cm³/mol. The third-order valence-electron chi connectivity index (χ3n) is 2.01. The molecule has 0 aliphatic rings. The summed E-state index contributed by atoms with van der Waals surface area (Å²) in [5.74, 6) is 0.782. The number of hydrogen-bond donors (Lipinski definition) is 2. The number of imidazole rings is 1. The summed E-state index contributed by atoms with van der Waals surface area (Å²) < 4.78 is 5.19. The van der Waals surface area contributed by atoms with Gasteiger partial charge in [0.2, 0.25) is 5.88 Å². The third kappa shape index (κ3) is 2.77. The van der Waals surface area contributed by atoms with Crippen LogP contribution in [0.25, 0.3) is 11.5 Å². The Morgan fingerprint density at radius 2 is 2.41 bits per heavy atom. The predicted octanol–water partition coefficient (Wildman–Crippen LogP) is -0.00850. The Hall–Kier alpha value is -2.44. The Labute approximate surface area is 97.3 Å². The average molecular weight is 233 g/mol. The Kier molecular flexibility index (Phi) is 3.29. The van der Waals surface area contributed by atoms with Crippen molar-refractivity contribution in [1.29, 1.82) is 0 Å².